The van der Waals surface area contributed by atoms with E-state index in [0.29, 0.717) is 19.6 Å². The maximum atomic E-state index is 12.3. The average molecular weight is 260 g/mol. The number of hydrogen-bond acceptors (Lipinski definition) is 4. The molecule has 1 fully saturated rings. The second-order valence-corrected chi connectivity index (χ2v) is 4.81. The third-order valence-corrected chi connectivity index (χ3v) is 3.33. The van der Waals surface area contributed by atoms with Crippen LogP contribution in [0.5, 0.6) is 0 Å². The number of thiocarbonyl (C=S) groups is 1. The molecule has 0 aromatic heterocycles. The summed E-state index contributed by atoms with van der Waals surface area (Å²) < 4.78 is 5.39. The monoisotopic (exact) mass is 260 g/mol. The highest BCUT2D eigenvalue weighted by Gasteiger charge is 2.33. The van der Waals surface area contributed by atoms with Gasteiger partial charge in [-0.2, -0.15) is 0 Å². The van der Waals surface area contributed by atoms with E-state index in [1.165, 1.54) is 0 Å². The molecular weight excluding hydrogens is 240 g/mol. The fraction of sp³-hybridized carbons (Fsp3) is 0.818. The summed E-state index contributed by atoms with van der Waals surface area (Å²) in [6.45, 7) is 4.55. The Morgan fingerprint density at radius 1 is 1.71 bits per heavy atom. The highest BCUT2D eigenvalue weighted by Crippen LogP contribution is 2.17. The second kappa shape index (κ2) is 6.28. The van der Waals surface area contributed by atoms with Crippen LogP contribution in [0, 0.1) is 5.92 Å². The van der Waals surface area contributed by atoms with Gasteiger partial charge in [-0.25, -0.2) is 0 Å². The topological polar surface area (TPSA) is 75.8 Å². The van der Waals surface area contributed by atoms with Crippen molar-refractivity contribution >= 4 is 23.1 Å². The number of rotatable bonds is 4. The molecule has 0 saturated carbocycles. The van der Waals surface area contributed by atoms with E-state index < -0.39 is 5.92 Å². The highest BCUT2D eigenvalue weighted by atomic mass is 32.1. The van der Waals surface area contributed by atoms with Gasteiger partial charge in [0, 0.05) is 6.54 Å². The lowest BCUT2D eigenvalue weighted by atomic mass is 10.0. The summed E-state index contributed by atoms with van der Waals surface area (Å²) in [6.07, 6.45) is 0.293. The quantitative estimate of drug-likeness (QED) is 0.691. The van der Waals surface area contributed by atoms with Crippen LogP contribution in [0.3, 0.4) is 0 Å². The standard InChI is InChI=1S/C11H20N2O3S/c1-3-9(10(12)17)11(15)13-4-8(5-14)16-6-7(13)2/h7-9,14H,3-6H2,1-2H3,(H2,12,17). The van der Waals surface area contributed by atoms with E-state index in [9.17, 15) is 4.79 Å². The summed E-state index contributed by atoms with van der Waals surface area (Å²) in [4.78, 5) is 14.2. The van der Waals surface area contributed by atoms with Gasteiger partial charge >= 0.3 is 0 Å². The normalized spacial score (nSPS) is 26.6. The lowest BCUT2D eigenvalue weighted by Crippen LogP contribution is -2.54. The molecule has 0 bridgehead atoms. The molecule has 1 aliphatic heterocycles. The van der Waals surface area contributed by atoms with Crippen molar-refractivity contribution in [3.63, 3.8) is 0 Å². The Balaban J connectivity index is 2.74. The number of aliphatic hydroxyl groups excluding tert-OH is 1. The van der Waals surface area contributed by atoms with E-state index in [1.807, 2.05) is 13.8 Å². The van der Waals surface area contributed by atoms with Gasteiger partial charge in [-0.1, -0.05) is 19.1 Å². The molecule has 1 rings (SSSR count). The van der Waals surface area contributed by atoms with Gasteiger partial charge < -0.3 is 20.5 Å². The lowest BCUT2D eigenvalue weighted by molar-refractivity contribution is -0.148. The second-order valence-electron chi connectivity index (χ2n) is 4.34. The van der Waals surface area contributed by atoms with Crippen molar-refractivity contribution in [2.75, 3.05) is 19.8 Å². The van der Waals surface area contributed by atoms with Crippen LogP contribution in [0.1, 0.15) is 20.3 Å². The van der Waals surface area contributed by atoms with Gasteiger partial charge in [0.2, 0.25) is 5.91 Å². The molecule has 17 heavy (non-hydrogen) atoms. The summed E-state index contributed by atoms with van der Waals surface area (Å²) in [5.41, 5.74) is 5.57. The van der Waals surface area contributed by atoms with E-state index in [-0.39, 0.29) is 29.6 Å². The zero-order valence-electron chi connectivity index (χ0n) is 10.3. The largest absolute Gasteiger partial charge is 0.394 e. The Kier molecular flexibility index (Phi) is 5.30. The molecule has 0 aromatic carbocycles. The van der Waals surface area contributed by atoms with Crippen molar-refractivity contribution in [3.05, 3.63) is 0 Å². The van der Waals surface area contributed by atoms with Crippen LogP contribution in [0.4, 0.5) is 0 Å². The third kappa shape index (κ3) is 3.37. The van der Waals surface area contributed by atoms with Gasteiger partial charge in [-0.15, -0.1) is 0 Å². The molecule has 0 radical (unpaired) electrons. The minimum absolute atomic E-state index is 0.00583. The molecule has 1 aliphatic rings. The molecule has 3 N–H and O–H groups in total. The maximum absolute atomic E-state index is 12.3. The van der Waals surface area contributed by atoms with Crippen LogP contribution in [-0.4, -0.2) is 52.8 Å². The molecule has 5 nitrogen and oxygen atoms in total. The van der Waals surface area contributed by atoms with Gasteiger partial charge in [-0.05, 0) is 13.3 Å². The lowest BCUT2D eigenvalue weighted by Gasteiger charge is -2.39. The minimum Gasteiger partial charge on any atom is -0.394 e. The number of carbonyl (C=O) groups excluding carboxylic acids is 1. The molecular formula is C11H20N2O3S. The minimum atomic E-state index is -0.412. The van der Waals surface area contributed by atoms with Crippen molar-refractivity contribution in [2.45, 2.75) is 32.4 Å². The Bertz CT molecular complexity index is 298. The number of amides is 1. The van der Waals surface area contributed by atoms with E-state index in [1.54, 1.807) is 4.90 Å². The third-order valence-electron chi connectivity index (χ3n) is 3.04. The molecule has 3 atom stereocenters. The number of ether oxygens (including phenoxy) is 1. The van der Waals surface area contributed by atoms with E-state index >= 15 is 0 Å². The Morgan fingerprint density at radius 3 is 2.82 bits per heavy atom. The number of carbonyl (C=O) groups is 1. The zero-order valence-corrected chi connectivity index (χ0v) is 11.1. The van der Waals surface area contributed by atoms with Gasteiger partial charge in [0.25, 0.3) is 0 Å². The summed E-state index contributed by atoms with van der Waals surface area (Å²) in [7, 11) is 0. The molecule has 0 spiro atoms. The Hall–Kier alpha value is -0.720. The SMILES string of the molecule is CCC(C(=O)N1CC(CO)OCC1C)C(N)=S. The Labute approximate surface area is 107 Å². The van der Waals surface area contributed by atoms with E-state index in [4.69, 9.17) is 27.8 Å². The van der Waals surface area contributed by atoms with Crippen LogP contribution in [0.15, 0.2) is 0 Å². The predicted octanol–water partition coefficient (Wildman–Crippen LogP) is -0.0931. The van der Waals surface area contributed by atoms with Crippen LogP contribution in [-0.2, 0) is 9.53 Å². The smallest absolute Gasteiger partial charge is 0.232 e. The first-order chi connectivity index (χ1) is 8.01. The number of aliphatic hydroxyl groups is 1. The first-order valence-electron chi connectivity index (χ1n) is 5.83. The van der Waals surface area contributed by atoms with Gasteiger partial charge in [0.1, 0.15) is 0 Å². The van der Waals surface area contributed by atoms with E-state index in [2.05, 4.69) is 0 Å². The molecule has 0 aromatic rings. The number of hydrogen-bond donors (Lipinski definition) is 2. The molecule has 98 valence electrons. The molecule has 1 saturated heterocycles. The van der Waals surface area contributed by atoms with Gasteiger partial charge in [-0.3, -0.25) is 4.79 Å². The Morgan fingerprint density at radius 2 is 2.35 bits per heavy atom. The van der Waals surface area contributed by atoms with Gasteiger partial charge in [0.15, 0.2) is 0 Å². The maximum Gasteiger partial charge on any atom is 0.232 e. The number of nitrogens with two attached hydrogens (primary N) is 1. The van der Waals surface area contributed by atoms with Crippen LogP contribution in [0.25, 0.3) is 0 Å². The zero-order chi connectivity index (χ0) is 13.0. The van der Waals surface area contributed by atoms with Crippen LogP contribution >= 0.6 is 12.2 Å². The average Bonchev–Trinajstić information content (AvgIpc) is 2.30. The first kappa shape index (κ1) is 14.3. The number of morpholine rings is 1. The molecule has 6 heteroatoms. The molecule has 3 unspecified atom stereocenters. The van der Waals surface area contributed by atoms with Crippen molar-refractivity contribution in [1.29, 1.82) is 0 Å². The predicted molar refractivity (Wildman–Crippen MR) is 68.6 cm³/mol. The van der Waals surface area contributed by atoms with Crippen LogP contribution < -0.4 is 5.73 Å². The van der Waals surface area contributed by atoms with Crippen molar-refractivity contribution in [3.8, 4) is 0 Å². The van der Waals surface area contributed by atoms with E-state index in [0.717, 1.165) is 0 Å². The van der Waals surface area contributed by atoms with Crippen molar-refractivity contribution < 1.29 is 14.6 Å². The fourth-order valence-corrected chi connectivity index (χ4v) is 2.20. The summed E-state index contributed by atoms with van der Waals surface area (Å²) in [6, 6.07) is -0.00583. The molecule has 1 heterocycles. The van der Waals surface area contributed by atoms with Crippen LogP contribution in [0.2, 0.25) is 0 Å². The summed E-state index contributed by atoms with van der Waals surface area (Å²) in [5.74, 6) is -0.473. The van der Waals surface area contributed by atoms with Crippen molar-refractivity contribution in [1.82, 2.24) is 4.90 Å². The molecule has 0 aliphatic carbocycles. The summed E-state index contributed by atoms with van der Waals surface area (Å²) >= 11 is 4.91. The molecule has 1 amide bonds. The van der Waals surface area contributed by atoms with Crippen molar-refractivity contribution in [2.24, 2.45) is 11.7 Å². The first-order valence-corrected chi connectivity index (χ1v) is 6.24. The summed E-state index contributed by atoms with van der Waals surface area (Å²) in [5, 5.41) is 9.07. The fourth-order valence-electron chi connectivity index (χ4n) is 1.93. The highest BCUT2D eigenvalue weighted by molar-refractivity contribution is 7.80. The number of nitrogens with zero attached hydrogens (tertiary/aromatic N) is 1. The van der Waals surface area contributed by atoms with Gasteiger partial charge in [0.05, 0.1) is 36.3 Å².